The van der Waals surface area contributed by atoms with E-state index in [0.717, 1.165) is 6.08 Å². The molecule has 0 aromatic heterocycles. The predicted molar refractivity (Wildman–Crippen MR) is 98.9 cm³/mol. The second kappa shape index (κ2) is 13.7. The van der Waals surface area contributed by atoms with Gasteiger partial charge in [0, 0.05) is 11.6 Å². The molecule has 1 atom stereocenters. The summed E-state index contributed by atoms with van der Waals surface area (Å²) in [7, 11) is 0. The van der Waals surface area contributed by atoms with Crippen LogP contribution in [-0.2, 0) is 23.8 Å². The number of hydrogen-bond donors (Lipinski definition) is 0. The van der Waals surface area contributed by atoms with Crippen molar-refractivity contribution in [2.24, 2.45) is 0 Å². The zero-order valence-corrected chi connectivity index (χ0v) is 14.9. The zero-order chi connectivity index (χ0) is 19.1. The van der Waals surface area contributed by atoms with E-state index >= 15 is 0 Å². The van der Waals surface area contributed by atoms with Crippen LogP contribution in [0, 0.1) is 0 Å². The molecule has 1 aromatic rings. The average molecular weight is 346 g/mol. The zero-order valence-electron chi connectivity index (χ0n) is 14.9. The predicted octanol–water partition coefficient (Wildman–Crippen LogP) is 3.57. The van der Waals surface area contributed by atoms with Crippen LogP contribution >= 0.6 is 0 Å². The fraction of sp³-hybridized carbons (Fsp3) is 0.300. The molecule has 0 spiro atoms. The van der Waals surface area contributed by atoms with E-state index in [1.165, 1.54) is 5.56 Å². The van der Waals surface area contributed by atoms with Gasteiger partial charge in [-0.1, -0.05) is 56.1 Å². The van der Waals surface area contributed by atoms with Gasteiger partial charge in [0.1, 0.15) is 12.7 Å². The Bertz CT molecular complexity index is 559. The summed E-state index contributed by atoms with van der Waals surface area (Å²) < 4.78 is 14.0. The van der Waals surface area contributed by atoms with Crippen LogP contribution in [0.3, 0.4) is 0 Å². The quantitative estimate of drug-likeness (QED) is 0.447. The van der Waals surface area contributed by atoms with E-state index in [9.17, 15) is 9.59 Å². The van der Waals surface area contributed by atoms with Crippen LogP contribution in [0.5, 0.6) is 0 Å². The number of rotatable bonds is 6. The molecule has 0 amide bonds. The van der Waals surface area contributed by atoms with Gasteiger partial charge in [0.25, 0.3) is 0 Å². The van der Waals surface area contributed by atoms with Crippen molar-refractivity contribution in [3.05, 3.63) is 67.3 Å². The largest absolute Gasteiger partial charge is 0.463 e. The highest BCUT2D eigenvalue weighted by Crippen LogP contribution is 2.09. The van der Waals surface area contributed by atoms with Crippen molar-refractivity contribution in [1.29, 1.82) is 0 Å². The van der Waals surface area contributed by atoms with Crippen molar-refractivity contribution in [1.82, 2.24) is 0 Å². The van der Waals surface area contributed by atoms with Gasteiger partial charge in [0.05, 0.1) is 13.2 Å². The summed E-state index contributed by atoms with van der Waals surface area (Å²) in [5.41, 5.74) is 1.60. The third-order valence-electron chi connectivity index (χ3n) is 2.64. The Kier molecular flexibility index (Phi) is 12.3. The van der Waals surface area contributed by atoms with E-state index in [1.807, 2.05) is 36.4 Å². The molecular weight excluding hydrogens is 320 g/mol. The van der Waals surface area contributed by atoms with E-state index in [0.29, 0.717) is 25.4 Å². The maximum Gasteiger partial charge on any atom is 0.333 e. The van der Waals surface area contributed by atoms with E-state index in [1.54, 1.807) is 13.8 Å². The van der Waals surface area contributed by atoms with Gasteiger partial charge in [0.15, 0.2) is 0 Å². The lowest BCUT2D eigenvalue weighted by molar-refractivity contribution is -0.139. The lowest BCUT2D eigenvalue weighted by atomic mass is 10.2. The molecule has 0 bridgehead atoms. The standard InChI is InChI=1S/C8H8.C7H10O3.C5H8O2/c1-2-8-6-4-3-5-7-8;1-5(2)7(8)10-4-6-3-9-6;1-3-5(6)7-4-2/h2-7H,1H2;6H,1,3-4H2,2H3;3H,1,4H2,2H3. The molecule has 5 heteroatoms. The Morgan fingerprint density at radius 1 is 1.24 bits per heavy atom. The van der Waals surface area contributed by atoms with Crippen molar-refractivity contribution < 1.29 is 23.8 Å². The molecule has 1 aromatic carbocycles. The second-order valence-electron chi connectivity index (χ2n) is 4.91. The topological polar surface area (TPSA) is 65.1 Å². The minimum Gasteiger partial charge on any atom is -0.463 e. The van der Waals surface area contributed by atoms with Crippen molar-refractivity contribution >= 4 is 18.0 Å². The van der Waals surface area contributed by atoms with Gasteiger partial charge in [-0.15, -0.1) is 0 Å². The third kappa shape index (κ3) is 13.5. The number of hydrogen-bond acceptors (Lipinski definition) is 5. The number of carbonyl (C=O) groups is 2. The van der Waals surface area contributed by atoms with Crippen molar-refractivity contribution in [2.75, 3.05) is 19.8 Å². The fourth-order valence-corrected chi connectivity index (χ4v) is 1.25. The second-order valence-corrected chi connectivity index (χ2v) is 4.91. The fourth-order valence-electron chi connectivity index (χ4n) is 1.25. The van der Waals surface area contributed by atoms with Gasteiger partial charge < -0.3 is 14.2 Å². The Morgan fingerprint density at radius 2 is 1.84 bits per heavy atom. The van der Waals surface area contributed by atoms with Gasteiger partial charge in [-0.25, -0.2) is 9.59 Å². The third-order valence-corrected chi connectivity index (χ3v) is 2.64. The average Bonchev–Trinajstić information content (AvgIpc) is 3.46. The van der Waals surface area contributed by atoms with Crippen LogP contribution in [0.2, 0.25) is 0 Å². The van der Waals surface area contributed by atoms with Crippen LogP contribution in [0.25, 0.3) is 6.08 Å². The first-order chi connectivity index (χ1) is 11.9. The summed E-state index contributed by atoms with van der Waals surface area (Å²) in [4.78, 5) is 20.8. The highest BCUT2D eigenvalue weighted by atomic mass is 16.6. The molecular formula is C20H26O5. The molecule has 1 fully saturated rings. The molecule has 1 aliphatic rings. The summed E-state index contributed by atoms with van der Waals surface area (Å²) in [5, 5.41) is 0. The van der Waals surface area contributed by atoms with Crippen molar-refractivity contribution in [2.45, 2.75) is 20.0 Å². The first kappa shape index (κ1) is 22.3. The van der Waals surface area contributed by atoms with Gasteiger partial charge in [-0.05, 0) is 19.4 Å². The SMILES string of the molecule is C=C(C)C(=O)OCC1CO1.C=CC(=O)OCC.C=Cc1ccccc1. The van der Waals surface area contributed by atoms with Crippen molar-refractivity contribution in [3.8, 4) is 0 Å². The van der Waals surface area contributed by atoms with Gasteiger partial charge in [-0.2, -0.15) is 0 Å². The minimum absolute atomic E-state index is 0.142. The summed E-state index contributed by atoms with van der Waals surface area (Å²) in [6.07, 6.45) is 3.12. The highest BCUT2D eigenvalue weighted by Gasteiger charge is 2.24. The molecule has 136 valence electrons. The Balaban J connectivity index is 0.000000353. The molecule has 1 saturated heterocycles. The molecule has 2 rings (SSSR count). The molecule has 0 radical (unpaired) electrons. The Hall–Kier alpha value is -2.66. The normalized spacial score (nSPS) is 13.6. The molecule has 0 N–H and O–H groups in total. The van der Waals surface area contributed by atoms with Gasteiger partial charge >= 0.3 is 11.9 Å². The molecule has 1 unspecified atom stereocenters. The summed E-state index contributed by atoms with van der Waals surface area (Å²) in [5.74, 6) is -0.696. The maximum absolute atomic E-state index is 10.7. The van der Waals surface area contributed by atoms with E-state index in [-0.39, 0.29) is 18.0 Å². The first-order valence-electron chi connectivity index (χ1n) is 7.85. The highest BCUT2D eigenvalue weighted by molar-refractivity contribution is 5.86. The van der Waals surface area contributed by atoms with E-state index < -0.39 is 0 Å². The molecule has 1 aliphatic heterocycles. The Labute approximate surface area is 149 Å². The number of benzene rings is 1. The molecule has 5 nitrogen and oxygen atoms in total. The summed E-state index contributed by atoms with van der Waals surface area (Å²) in [6.45, 7) is 15.1. The van der Waals surface area contributed by atoms with Crippen LogP contribution in [0.1, 0.15) is 19.4 Å². The van der Waals surface area contributed by atoms with E-state index in [4.69, 9.17) is 9.47 Å². The van der Waals surface area contributed by atoms with Crippen LogP contribution in [0.15, 0.2) is 61.7 Å². The molecule has 1 heterocycles. The lowest BCUT2D eigenvalue weighted by Crippen LogP contribution is -2.09. The first-order valence-corrected chi connectivity index (χ1v) is 7.85. The number of carbonyl (C=O) groups excluding carboxylic acids is 2. The van der Waals surface area contributed by atoms with Crippen LogP contribution < -0.4 is 0 Å². The number of ether oxygens (including phenoxy) is 3. The smallest absolute Gasteiger partial charge is 0.333 e. The summed E-state index contributed by atoms with van der Waals surface area (Å²) in [6, 6.07) is 10.0. The van der Waals surface area contributed by atoms with Crippen LogP contribution in [-0.4, -0.2) is 37.9 Å². The number of epoxide rings is 1. The number of esters is 2. The monoisotopic (exact) mass is 346 g/mol. The van der Waals surface area contributed by atoms with Gasteiger partial charge in [0.2, 0.25) is 0 Å². The Morgan fingerprint density at radius 3 is 2.16 bits per heavy atom. The maximum atomic E-state index is 10.7. The molecule has 25 heavy (non-hydrogen) atoms. The lowest BCUT2D eigenvalue weighted by Gasteiger charge is -1.99. The van der Waals surface area contributed by atoms with Crippen molar-refractivity contribution in [3.63, 3.8) is 0 Å². The minimum atomic E-state index is -0.359. The van der Waals surface area contributed by atoms with Crippen LogP contribution in [0.4, 0.5) is 0 Å². The summed E-state index contributed by atoms with van der Waals surface area (Å²) >= 11 is 0. The van der Waals surface area contributed by atoms with E-state index in [2.05, 4.69) is 24.5 Å². The van der Waals surface area contributed by atoms with Gasteiger partial charge in [-0.3, -0.25) is 0 Å². The molecule has 0 aliphatic carbocycles. The molecule has 0 saturated carbocycles.